The van der Waals surface area contributed by atoms with Crippen molar-refractivity contribution < 1.29 is 4.42 Å². The fraction of sp³-hybridized carbons (Fsp3) is 0.588. The lowest BCUT2D eigenvalue weighted by Crippen LogP contribution is -2.29. The number of nitrogens with zero attached hydrogens (tertiary/aromatic N) is 2. The second-order valence-electron chi connectivity index (χ2n) is 7.06. The van der Waals surface area contributed by atoms with Crippen molar-refractivity contribution in [2.45, 2.75) is 44.9 Å². The average molecular weight is 272 g/mol. The zero-order valence-corrected chi connectivity index (χ0v) is 12.9. The van der Waals surface area contributed by atoms with Gasteiger partial charge in [-0.05, 0) is 56.1 Å². The lowest BCUT2D eigenvalue weighted by Gasteiger charge is -2.26. The van der Waals surface area contributed by atoms with Crippen LogP contribution >= 0.6 is 0 Å². The van der Waals surface area contributed by atoms with Gasteiger partial charge >= 0.3 is 0 Å². The number of hydrogen-bond acceptors (Lipinski definition) is 3. The summed E-state index contributed by atoms with van der Waals surface area (Å²) in [5.74, 6) is 1.41. The number of rotatable bonds is 1. The fourth-order valence-corrected chi connectivity index (χ4v) is 2.84. The van der Waals surface area contributed by atoms with Crippen molar-refractivity contribution in [2.75, 3.05) is 20.1 Å². The number of fused-ring (bicyclic) bond motifs is 1. The van der Waals surface area contributed by atoms with E-state index in [1.54, 1.807) is 0 Å². The summed E-state index contributed by atoms with van der Waals surface area (Å²) >= 11 is 0. The Kier molecular flexibility index (Phi) is 3.33. The molecule has 0 amide bonds. The summed E-state index contributed by atoms with van der Waals surface area (Å²) in [5.41, 5.74) is 3.40. The third-order valence-corrected chi connectivity index (χ3v) is 4.34. The van der Waals surface area contributed by atoms with Gasteiger partial charge in [0.1, 0.15) is 5.52 Å². The molecule has 0 N–H and O–H groups in total. The molecule has 2 aromatic rings. The molecule has 0 radical (unpaired) electrons. The molecule has 1 aromatic heterocycles. The Hall–Kier alpha value is -1.35. The van der Waals surface area contributed by atoms with Gasteiger partial charge in [-0.2, -0.15) is 0 Å². The van der Waals surface area contributed by atoms with Crippen molar-refractivity contribution in [3.05, 3.63) is 29.7 Å². The maximum Gasteiger partial charge on any atom is 0.198 e. The highest BCUT2D eigenvalue weighted by Crippen LogP contribution is 2.31. The monoisotopic (exact) mass is 272 g/mol. The van der Waals surface area contributed by atoms with Gasteiger partial charge < -0.3 is 9.32 Å². The summed E-state index contributed by atoms with van der Waals surface area (Å²) in [6, 6.07) is 6.41. The molecule has 3 rings (SSSR count). The smallest absolute Gasteiger partial charge is 0.198 e. The van der Waals surface area contributed by atoms with Crippen molar-refractivity contribution >= 4 is 11.1 Å². The van der Waals surface area contributed by atoms with E-state index in [2.05, 4.69) is 50.9 Å². The number of benzene rings is 1. The predicted octanol–water partition coefficient (Wildman–Crippen LogP) is 3.93. The van der Waals surface area contributed by atoms with Gasteiger partial charge in [0.25, 0.3) is 0 Å². The Morgan fingerprint density at radius 2 is 1.90 bits per heavy atom. The Morgan fingerprint density at radius 1 is 1.20 bits per heavy atom. The van der Waals surface area contributed by atoms with Crippen LogP contribution in [0, 0.1) is 0 Å². The largest absolute Gasteiger partial charge is 0.440 e. The Balaban J connectivity index is 1.91. The molecule has 0 saturated carbocycles. The van der Waals surface area contributed by atoms with Crippen LogP contribution in [-0.2, 0) is 5.41 Å². The van der Waals surface area contributed by atoms with Crippen LogP contribution in [0.1, 0.15) is 51.0 Å². The summed E-state index contributed by atoms with van der Waals surface area (Å²) < 4.78 is 5.98. The Bertz CT molecular complexity index is 601. The molecule has 1 aliphatic rings. The van der Waals surface area contributed by atoms with E-state index in [0.717, 1.165) is 42.9 Å². The maximum absolute atomic E-state index is 5.98. The van der Waals surface area contributed by atoms with E-state index in [9.17, 15) is 0 Å². The molecular weight excluding hydrogens is 248 g/mol. The van der Waals surface area contributed by atoms with Gasteiger partial charge in [-0.1, -0.05) is 26.8 Å². The number of piperidine rings is 1. The molecule has 1 fully saturated rings. The third-order valence-electron chi connectivity index (χ3n) is 4.34. The highest BCUT2D eigenvalue weighted by atomic mass is 16.3. The van der Waals surface area contributed by atoms with Gasteiger partial charge in [-0.25, -0.2) is 4.98 Å². The van der Waals surface area contributed by atoms with E-state index in [1.165, 1.54) is 5.56 Å². The topological polar surface area (TPSA) is 29.3 Å². The van der Waals surface area contributed by atoms with Crippen LogP contribution in [0.25, 0.3) is 11.1 Å². The molecule has 0 unspecified atom stereocenters. The van der Waals surface area contributed by atoms with Gasteiger partial charge in [-0.3, -0.25) is 0 Å². The second-order valence-corrected chi connectivity index (χ2v) is 7.06. The molecule has 1 aromatic carbocycles. The van der Waals surface area contributed by atoms with Crippen molar-refractivity contribution in [2.24, 2.45) is 0 Å². The molecule has 0 atom stereocenters. The lowest BCUT2D eigenvalue weighted by atomic mass is 9.87. The summed E-state index contributed by atoms with van der Waals surface area (Å²) in [7, 11) is 2.18. The first-order chi connectivity index (χ1) is 9.43. The molecule has 20 heavy (non-hydrogen) atoms. The van der Waals surface area contributed by atoms with Gasteiger partial charge in [0.15, 0.2) is 11.5 Å². The Labute approximate surface area is 121 Å². The lowest BCUT2D eigenvalue weighted by molar-refractivity contribution is 0.239. The summed E-state index contributed by atoms with van der Waals surface area (Å²) in [5, 5.41) is 0. The second kappa shape index (κ2) is 4.88. The average Bonchev–Trinajstić information content (AvgIpc) is 2.81. The molecule has 3 nitrogen and oxygen atoms in total. The van der Waals surface area contributed by atoms with Crippen LogP contribution < -0.4 is 0 Å². The summed E-state index contributed by atoms with van der Waals surface area (Å²) in [4.78, 5) is 7.12. The van der Waals surface area contributed by atoms with Crippen molar-refractivity contribution in [3.8, 4) is 0 Å². The molecule has 0 bridgehead atoms. The predicted molar refractivity (Wildman–Crippen MR) is 82.2 cm³/mol. The molecule has 3 heteroatoms. The quantitative estimate of drug-likeness (QED) is 0.787. The van der Waals surface area contributed by atoms with E-state index in [1.807, 2.05) is 0 Å². The van der Waals surface area contributed by atoms with E-state index < -0.39 is 0 Å². The van der Waals surface area contributed by atoms with Gasteiger partial charge in [-0.15, -0.1) is 0 Å². The standard InChI is InChI=1S/C17H24N2O/c1-17(2,3)13-5-6-15-14(11-13)18-16(20-15)12-7-9-19(4)10-8-12/h5-6,11-12H,7-10H2,1-4H3. The molecule has 2 heterocycles. The van der Waals surface area contributed by atoms with Crippen molar-refractivity contribution in [3.63, 3.8) is 0 Å². The maximum atomic E-state index is 5.98. The zero-order valence-electron chi connectivity index (χ0n) is 12.9. The Morgan fingerprint density at radius 3 is 2.55 bits per heavy atom. The fourth-order valence-electron chi connectivity index (χ4n) is 2.84. The highest BCUT2D eigenvalue weighted by molar-refractivity contribution is 5.73. The van der Waals surface area contributed by atoms with Crippen LogP contribution in [0.4, 0.5) is 0 Å². The molecule has 1 aliphatic heterocycles. The van der Waals surface area contributed by atoms with E-state index in [4.69, 9.17) is 9.40 Å². The van der Waals surface area contributed by atoms with Gasteiger partial charge in [0.2, 0.25) is 0 Å². The van der Waals surface area contributed by atoms with Crippen LogP contribution in [0.15, 0.2) is 22.6 Å². The molecule has 1 saturated heterocycles. The first-order valence-electron chi connectivity index (χ1n) is 7.53. The molecule has 108 valence electrons. The van der Waals surface area contributed by atoms with Crippen LogP contribution in [0.3, 0.4) is 0 Å². The molecule has 0 spiro atoms. The third kappa shape index (κ3) is 2.59. The highest BCUT2D eigenvalue weighted by Gasteiger charge is 2.23. The minimum absolute atomic E-state index is 0.154. The van der Waals surface area contributed by atoms with Crippen LogP contribution in [0.2, 0.25) is 0 Å². The summed E-state index contributed by atoms with van der Waals surface area (Å²) in [6.45, 7) is 8.96. The minimum atomic E-state index is 0.154. The number of hydrogen-bond donors (Lipinski definition) is 0. The zero-order chi connectivity index (χ0) is 14.3. The first-order valence-corrected chi connectivity index (χ1v) is 7.53. The normalized spacial score (nSPS) is 18.8. The van der Waals surface area contributed by atoms with Gasteiger partial charge in [0, 0.05) is 5.92 Å². The SMILES string of the molecule is CN1CCC(c2nc3cc(C(C)(C)C)ccc3o2)CC1. The van der Waals surface area contributed by atoms with Crippen molar-refractivity contribution in [1.29, 1.82) is 0 Å². The van der Waals surface area contributed by atoms with Crippen LogP contribution in [-0.4, -0.2) is 30.0 Å². The number of oxazole rings is 1. The molecular formula is C17H24N2O. The van der Waals surface area contributed by atoms with Crippen molar-refractivity contribution in [1.82, 2.24) is 9.88 Å². The number of aromatic nitrogens is 1. The number of likely N-dealkylation sites (tertiary alicyclic amines) is 1. The van der Waals surface area contributed by atoms with E-state index in [-0.39, 0.29) is 5.41 Å². The summed E-state index contributed by atoms with van der Waals surface area (Å²) in [6.07, 6.45) is 2.30. The molecule has 0 aliphatic carbocycles. The van der Waals surface area contributed by atoms with Crippen LogP contribution in [0.5, 0.6) is 0 Å². The van der Waals surface area contributed by atoms with Gasteiger partial charge in [0.05, 0.1) is 0 Å². The van der Waals surface area contributed by atoms with E-state index >= 15 is 0 Å². The first kappa shape index (κ1) is 13.6. The minimum Gasteiger partial charge on any atom is -0.440 e. The van der Waals surface area contributed by atoms with E-state index in [0.29, 0.717) is 5.92 Å².